The van der Waals surface area contributed by atoms with Crippen molar-refractivity contribution >= 4 is 0 Å². The predicted octanol–water partition coefficient (Wildman–Crippen LogP) is 4.78. The largest absolute Gasteiger partial charge is 0.0654 e. The SMILES string of the molecule is CCCCC1CCC2CCCCCC12. The van der Waals surface area contributed by atoms with E-state index in [2.05, 4.69) is 6.92 Å². The molecule has 3 atom stereocenters. The van der Waals surface area contributed by atoms with Crippen LogP contribution in [-0.4, -0.2) is 0 Å². The van der Waals surface area contributed by atoms with Gasteiger partial charge in [-0.1, -0.05) is 51.9 Å². The summed E-state index contributed by atoms with van der Waals surface area (Å²) in [5.41, 5.74) is 0. The van der Waals surface area contributed by atoms with Gasteiger partial charge in [0, 0.05) is 0 Å². The molecule has 2 rings (SSSR count). The van der Waals surface area contributed by atoms with Gasteiger partial charge in [0.2, 0.25) is 0 Å². The maximum Gasteiger partial charge on any atom is -0.0357 e. The Bertz CT molecular complexity index is 161. The molecule has 3 unspecified atom stereocenters. The Morgan fingerprint density at radius 2 is 1.79 bits per heavy atom. The smallest absolute Gasteiger partial charge is 0.0357 e. The average Bonchev–Trinajstić information content (AvgIpc) is 2.45. The second-order valence-electron chi connectivity index (χ2n) is 5.54. The zero-order chi connectivity index (χ0) is 9.80. The van der Waals surface area contributed by atoms with Crippen LogP contribution in [0.15, 0.2) is 0 Å². The number of hydrogen-bond acceptors (Lipinski definition) is 0. The number of fused-ring (bicyclic) bond motifs is 1. The second-order valence-corrected chi connectivity index (χ2v) is 5.54. The lowest BCUT2D eigenvalue weighted by Gasteiger charge is -2.22. The first-order valence-corrected chi connectivity index (χ1v) is 6.92. The molecule has 0 aromatic carbocycles. The van der Waals surface area contributed by atoms with Gasteiger partial charge in [-0.15, -0.1) is 0 Å². The highest BCUT2D eigenvalue weighted by Gasteiger charge is 2.35. The Hall–Kier alpha value is 0. The Morgan fingerprint density at radius 3 is 2.64 bits per heavy atom. The minimum Gasteiger partial charge on any atom is -0.0654 e. The van der Waals surface area contributed by atoms with Crippen molar-refractivity contribution in [2.45, 2.75) is 71.1 Å². The van der Waals surface area contributed by atoms with Crippen LogP contribution in [0.1, 0.15) is 71.1 Å². The van der Waals surface area contributed by atoms with Crippen molar-refractivity contribution in [2.75, 3.05) is 0 Å². The summed E-state index contributed by atoms with van der Waals surface area (Å²) in [6.07, 6.45) is 15.3. The number of unbranched alkanes of at least 4 members (excludes halogenated alkanes) is 1. The summed E-state index contributed by atoms with van der Waals surface area (Å²) in [7, 11) is 0. The molecule has 0 spiro atoms. The predicted molar refractivity (Wildman–Crippen MR) is 62.3 cm³/mol. The van der Waals surface area contributed by atoms with E-state index >= 15 is 0 Å². The Labute approximate surface area is 89.5 Å². The van der Waals surface area contributed by atoms with Crippen LogP contribution in [0.2, 0.25) is 0 Å². The van der Waals surface area contributed by atoms with E-state index in [1.54, 1.807) is 25.7 Å². The van der Waals surface area contributed by atoms with Gasteiger partial charge in [-0.2, -0.15) is 0 Å². The van der Waals surface area contributed by atoms with E-state index in [1.807, 2.05) is 0 Å². The fourth-order valence-corrected chi connectivity index (χ4v) is 3.86. The minimum atomic E-state index is 1.12. The number of rotatable bonds is 3. The van der Waals surface area contributed by atoms with Crippen LogP contribution in [0.4, 0.5) is 0 Å². The summed E-state index contributed by atoms with van der Waals surface area (Å²) in [6.45, 7) is 2.33. The monoisotopic (exact) mass is 194 g/mol. The Morgan fingerprint density at radius 1 is 0.929 bits per heavy atom. The van der Waals surface area contributed by atoms with Gasteiger partial charge in [-0.05, 0) is 37.0 Å². The normalized spacial score (nSPS) is 37.9. The highest BCUT2D eigenvalue weighted by molar-refractivity contribution is 4.86. The summed E-state index contributed by atoms with van der Waals surface area (Å²) >= 11 is 0. The molecule has 14 heavy (non-hydrogen) atoms. The van der Waals surface area contributed by atoms with E-state index in [9.17, 15) is 0 Å². The van der Waals surface area contributed by atoms with Crippen molar-refractivity contribution in [1.29, 1.82) is 0 Å². The van der Waals surface area contributed by atoms with Crippen LogP contribution < -0.4 is 0 Å². The first kappa shape index (κ1) is 10.5. The first-order valence-electron chi connectivity index (χ1n) is 6.92. The van der Waals surface area contributed by atoms with Crippen LogP contribution in [0, 0.1) is 17.8 Å². The first-order chi connectivity index (χ1) is 6.92. The summed E-state index contributed by atoms with van der Waals surface area (Å²) in [5, 5.41) is 0. The van der Waals surface area contributed by atoms with Crippen molar-refractivity contribution < 1.29 is 0 Å². The molecule has 82 valence electrons. The lowest BCUT2D eigenvalue weighted by Crippen LogP contribution is -2.13. The quantitative estimate of drug-likeness (QED) is 0.606. The Kier molecular flexibility index (Phi) is 3.89. The van der Waals surface area contributed by atoms with Gasteiger partial charge in [-0.25, -0.2) is 0 Å². The van der Waals surface area contributed by atoms with Gasteiger partial charge < -0.3 is 0 Å². The molecule has 0 saturated heterocycles. The minimum absolute atomic E-state index is 1.12. The van der Waals surface area contributed by atoms with Gasteiger partial charge >= 0.3 is 0 Å². The molecular formula is C14H26. The summed E-state index contributed by atoms with van der Waals surface area (Å²) < 4.78 is 0. The van der Waals surface area contributed by atoms with Gasteiger partial charge in [0.05, 0.1) is 0 Å². The van der Waals surface area contributed by atoms with Crippen molar-refractivity contribution in [3.05, 3.63) is 0 Å². The molecule has 2 aliphatic carbocycles. The average molecular weight is 194 g/mol. The van der Waals surface area contributed by atoms with Crippen LogP contribution in [0.25, 0.3) is 0 Å². The molecule has 2 fully saturated rings. The van der Waals surface area contributed by atoms with Gasteiger partial charge in [0.15, 0.2) is 0 Å². The van der Waals surface area contributed by atoms with Gasteiger partial charge in [0.25, 0.3) is 0 Å². The lowest BCUT2D eigenvalue weighted by atomic mass is 9.83. The summed E-state index contributed by atoms with van der Waals surface area (Å²) in [6, 6.07) is 0. The standard InChI is InChI=1S/C14H26/c1-2-3-7-12-10-11-13-8-5-4-6-9-14(12)13/h12-14H,2-11H2,1H3. The van der Waals surface area contributed by atoms with Gasteiger partial charge in [0.1, 0.15) is 0 Å². The summed E-state index contributed by atoms with van der Waals surface area (Å²) in [4.78, 5) is 0. The molecule has 0 nitrogen and oxygen atoms in total. The van der Waals surface area contributed by atoms with Crippen molar-refractivity contribution in [3.63, 3.8) is 0 Å². The zero-order valence-corrected chi connectivity index (χ0v) is 9.80. The van der Waals surface area contributed by atoms with Crippen molar-refractivity contribution in [2.24, 2.45) is 17.8 Å². The van der Waals surface area contributed by atoms with E-state index in [1.165, 1.54) is 38.5 Å². The summed E-state index contributed by atoms with van der Waals surface area (Å²) in [5.74, 6) is 3.40. The second kappa shape index (κ2) is 5.19. The highest BCUT2D eigenvalue weighted by Crippen LogP contribution is 2.46. The molecule has 0 aromatic heterocycles. The number of hydrogen-bond donors (Lipinski definition) is 0. The van der Waals surface area contributed by atoms with E-state index in [0.29, 0.717) is 0 Å². The molecule has 0 heteroatoms. The molecule has 2 aliphatic rings. The molecule has 0 heterocycles. The van der Waals surface area contributed by atoms with E-state index in [-0.39, 0.29) is 0 Å². The molecule has 0 aliphatic heterocycles. The van der Waals surface area contributed by atoms with E-state index in [0.717, 1.165) is 17.8 Å². The molecule has 0 radical (unpaired) electrons. The van der Waals surface area contributed by atoms with Crippen molar-refractivity contribution in [1.82, 2.24) is 0 Å². The van der Waals surface area contributed by atoms with Gasteiger partial charge in [-0.3, -0.25) is 0 Å². The van der Waals surface area contributed by atoms with E-state index < -0.39 is 0 Å². The van der Waals surface area contributed by atoms with Crippen LogP contribution in [-0.2, 0) is 0 Å². The molecular weight excluding hydrogens is 168 g/mol. The fraction of sp³-hybridized carbons (Fsp3) is 1.00. The topological polar surface area (TPSA) is 0 Å². The third-order valence-electron chi connectivity index (χ3n) is 4.66. The molecule has 0 amide bonds. The fourth-order valence-electron chi connectivity index (χ4n) is 3.86. The zero-order valence-electron chi connectivity index (χ0n) is 9.80. The third-order valence-corrected chi connectivity index (χ3v) is 4.66. The Balaban J connectivity index is 1.87. The van der Waals surface area contributed by atoms with E-state index in [4.69, 9.17) is 0 Å². The third kappa shape index (κ3) is 2.32. The molecule has 0 aromatic rings. The lowest BCUT2D eigenvalue weighted by molar-refractivity contribution is 0.277. The molecule has 0 N–H and O–H groups in total. The van der Waals surface area contributed by atoms with Crippen LogP contribution in [0.5, 0.6) is 0 Å². The highest BCUT2D eigenvalue weighted by atomic mass is 14.4. The van der Waals surface area contributed by atoms with Crippen LogP contribution >= 0.6 is 0 Å². The maximum atomic E-state index is 2.33. The van der Waals surface area contributed by atoms with Crippen molar-refractivity contribution in [3.8, 4) is 0 Å². The molecule has 2 saturated carbocycles. The molecule has 0 bridgehead atoms. The van der Waals surface area contributed by atoms with Crippen LogP contribution in [0.3, 0.4) is 0 Å². The maximum absolute atomic E-state index is 2.33.